The standard InChI is InChI=1S/C8H9ClF5NO2/c1-6(2,4(16)3-9)15-5(17)7(10,11)8(12,13)14/h3H2,1-2H3,(H,15,17). The molecule has 1 N–H and O–H groups in total. The quantitative estimate of drug-likeness (QED) is 0.632. The zero-order valence-electron chi connectivity index (χ0n) is 8.79. The van der Waals surface area contributed by atoms with Crippen LogP contribution in [0.3, 0.4) is 0 Å². The minimum atomic E-state index is -6.02. The zero-order valence-corrected chi connectivity index (χ0v) is 9.55. The Labute approximate surface area is 98.3 Å². The van der Waals surface area contributed by atoms with Gasteiger partial charge in [0.1, 0.15) is 0 Å². The fourth-order valence-corrected chi connectivity index (χ4v) is 1.06. The lowest BCUT2D eigenvalue weighted by Crippen LogP contribution is -2.59. The molecular formula is C8H9ClF5NO2. The number of halogens is 6. The molecule has 0 atom stereocenters. The van der Waals surface area contributed by atoms with Gasteiger partial charge in [0, 0.05) is 0 Å². The van der Waals surface area contributed by atoms with E-state index in [1.807, 2.05) is 0 Å². The van der Waals surface area contributed by atoms with Crippen molar-refractivity contribution in [1.82, 2.24) is 5.32 Å². The third kappa shape index (κ3) is 3.52. The second kappa shape index (κ2) is 4.75. The highest BCUT2D eigenvalue weighted by Crippen LogP contribution is 2.35. The molecule has 0 radical (unpaired) electrons. The first kappa shape index (κ1) is 16.1. The molecule has 1 amide bonds. The van der Waals surface area contributed by atoms with Crippen LogP contribution in [0.25, 0.3) is 0 Å². The smallest absolute Gasteiger partial charge is 0.339 e. The Bertz CT molecular complexity index is 326. The van der Waals surface area contributed by atoms with Crippen molar-refractivity contribution in [2.75, 3.05) is 5.88 Å². The van der Waals surface area contributed by atoms with Gasteiger partial charge in [-0.15, -0.1) is 11.6 Å². The number of alkyl halides is 6. The maximum atomic E-state index is 12.5. The number of rotatable bonds is 4. The zero-order chi connectivity index (χ0) is 14.1. The normalized spacial score (nSPS) is 13.4. The SMILES string of the molecule is CC(C)(NC(=O)C(F)(F)C(F)(F)F)C(=O)CCl. The van der Waals surface area contributed by atoms with E-state index in [9.17, 15) is 31.5 Å². The highest BCUT2D eigenvalue weighted by atomic mass is 35.5. The lowest BCUT2D eigenvalue weighted by atomic mass is 10.00. The molecule has 0 aliphatic carbocycles. The highest BCUT2D eigenvalue weighted by molar-refractivity contribution is 6.29. The minimum Gasteiger partial charge on any atom is -0.339 e. The van der Waals surface area contributed by atoms with Crippen molar-refractivity contribution in [2.24, 2.45) is 0 Å². The van der Waals surface area contributed by atoms with Crippen LogP contribution in [0.2, 0.25) is 0 Å². The third-order valence-electron chi connectivity index (χ3n) is 1.89. The molecule has 0 bridgehead atoms. The molecule has 0 saturated heterocycles. The van der Waals surface area contributed by atoms with Crippen LogP contribution in [-0.2, 0) is 9.59 Å². The monoisotopic (exact) mass is 281 g/mol. The molecule has 0 spiro atoms. The highest BCUT2D eigenvalue weighted by Gasteiger charge is 2.64. The molecule has 0 unspecified atom stereocenters. The Balaban J connectivity index is 4.95. The van der Waals surface area contributed by atoms with E-state index in [4.69, 9.17) is 11.6 Å². The molecular weight excluding hydrogens is 273 g/mol. The Morgan fingerprint density at radius 1 is 1.12 bits per heavy atom. The van der Waals surface area contributed by atoms with Crippen molar-refractivity contribution in [3.63, 3.8) is 0 Å². The van der Waals surface area contributed by atoms with Gasteiger partial charge in [0.25, 0.3) is 0 Å². The van der Waals surface area contributed by atoms with E-state index in [1.54, 1.807) is 0 Å². The summed E-state index contributed by atoms with van der Waals surface area (Å²) in [4.78, 5) is 21.8. The van der Waals surface area contributed by atoms with Crippen LogP contribution >= 0.6 is 11.6 Å². The van der Waals surface area contributed by atoms with Gasteiger partial charge < -0.3 is 5.32 Å². The van der Waals surface area contributed by atoms with Gasteiger partial charge in [-0.05, 0) is 13.8 Å². The topological polar surface area (TPSA) is 46.2 Å². The maximum Gasteiger partial charge on any atom is 0.463 e. The molecule has 0 aromatic carbocycles. The van der Waals surface area contributed by atoms with Gasteiger partial charge in [-0.1, -0.05) is 0 Å². The number of ketones is 1. The summed E-state index contributed by atoms with van der Waals surface area (Å²) in [5.74, 6) is -9.65. The molecule has 9 heteroatoms. The van der Waals surface area contributed by atoms with Crippen LogP contribution in [0.1, 0.15) is 13.8 Å². The number of hydrogen-bond donors (Lipinski definition) is 1. The Morgan fingerprint density at radius 2 is 1.53 bits per heavy atom. The second-order valence-corrected chi connectivity index (χ2v) is 3.98. The van der Waals surface area contributed by atoms with Gasteiger partial charge >= 0.3 is 18.0 Å². The first-order chi connectivity index (χ1) is 7.36. The van der Waals surface area contributed by atoms with E-state index in [0.29, 0.717) is 0 Å². The fraction of sp³-hybridized carbons (Fsp3) is 0.750. The molecule has 0 heterocycles. The van der Waals surface area contributed by atoms with Crippen LogP contribution in [0, 0.1) is 0 Å². The first-order valence-electron chi connectivity index (χ1n) is 4.22. The predicted octanol–water partition coefficient (Wildman–Crippen LogP) is 1.89. The minimum absolute atomic E-state index is 0.620. The molecule has 0 aromatic heterocycles. The number of Topliss-reactive ketones (excluding diaryl/α,β-unsaturated/α-hetero) is 1. The Morgan fingerprint density at radius 3 is 1.82 bits per heavy atom. The van der Waals surface area contributed by atoms with Gasteiger partial charge in [-0.3, -0.25) is 9.59 Å². The molecule has 0 aliphatic rings. The average molecular weight is 282 g/mol. The number of carbonyl (C=O) groups excluding carboxylic acids is 2. The molecule has 100 valence electrons. The van der Waals surface area contributed by atoms with Crippen LogP contribution in [0.4, 0.5) is 22.0 Å². The van der Waals surface area contributed by atoms with Gasteiger partial charge in [0.05, 0.1) is 11.4 Å². The van der Waals surface area contributed by atoms with E-state index in [2.05, 4.69) is 0 Å². The van der Waals surface area contributed by atoms with Crippen molar-refractivity contribution < 1.29 is 31.5 Å². The van der Waals surface area contributed by atoms with Crippen molar-refractivity contribution >= 4 is 23.3 Å². The number of hydrogen-bond acceptors (Lipinski definition) is 2. The summed E-state index contributed by atoms with van der Waals surface area (Å²) in [5, 5.41) is 1.31. The molecule has 0 aromatic rings. The van der Waals surface area contributed by atoms with Crippen LogP contribution in [0.5, 0.6) is 0 Å². The Kier molecular flexibility index (Phi) is 4.50. The van der Waals surface area contributed by atoms with Crippen LogP contribution in [0.15, 0.2) is 0 Å². The van der Waals surface area contributed by atoms with Crippen molar-refractivity contribution in [3.8, 4) is 0 Å². The molecule has 0 saturated carbocycles. The molecule has 0 fully saturated rings. The van der Waals surface area contributed by atoms with Gasteiger partial charge in [-0.2, -0.15) is 22.0 Å². The first-order valence-corrected chi connectivity index (χ1v) is 4.76. The van der Waals surface area contributed by atoms with Crippen molar-refractivity contribution in [2.45, 2.75) is 31.5 Å². The maximum absolute atomic E-state index is 12.5. The second-order valence-electron chi connectivity index (χ2n) is 3.71. The van der Waals surface area contributed by atoms with E-state index in [0.717, 1.165) is 13.8 Å². The molecule has 3 nitrogen and oxygen atoms in total. The molecule has 0 aliphatic heterocycles. The van der Waals surface area contributed by atoms with Crippen molar-refractivity contribution in [3.05, 3.63) is 0 Å². The van der Waals surface area contributed by atoms with E-state index in [1.165, 1.54) is 5.32 Å². The van der Waals surface area contributed by atoms with Gasteiger partial charge in [0.2, 0.25) is 0 Å². The summed E-state index contributed by atoms with van der Waals surface area (Å²) in [7, 11) is 0. The lowest BCUT2D eigenvalue weighted by molar-refractivity contribution is -0.270. The van der Waals surface area contributed by atoms with Gasteiger partial charge in [-0.25, -0.2) is 0 Å². The summed E-state index contributed by atoms with van der Waals surface area (Å²) in [5.41, 5.74) is -1.90. The van der Waals surface area contributed by atoms with Crippen LogP contribution in [-0.4, -0.2) is 35.2 Å². The summed E-state index contributed by atoms with van der Waals surface area (Å²) in [6, 6.07) is 0. The Hall–Kier alpha value is -0.920. The molecule has 0 rings (SSSR count). The lowest BCUT2D eigenvalue weighted by Gasteiger charge is -2.27. The van der Waals surface area contributed by atoms with Gasteiger partial charge in [0.15, 0.2) is 5.78 Å². The fourth-order valence-electron chi connectivity index (χ4n) is 0.728. The molecule has 17 heavy (non-hydrogen) atoms. The summed E-state index contributed by atoms with van der Waals surface area (Å²) < 4.78 is 60.5. The predicted molar refractivity (Wildman–Crippen MR) is 49.0 cm³/mol. The largest absolute Gasteiger partial charge is 0.463 e. The van der Waals surface area contributed by atoms with E-state index < -0.39 is 35.2 Å². The van der Waals surface area contributed by atoms with Crippen molar-refractivity contribution in [1.29, 1.82) is 0 Å². The summed E-state index contributed by atoms with van der Waals surface area (Å²) >= 11 is 5.11. The summed E-state index contributed by atoms with van der Waals surface area (Å²) in [6.45, 7) is 1.95. The summed E-state index contributed by atoms with van der Waals surface area (Å²) in [6.07, 6.45) is -6.02. The van der Waals surface area contributed by atoms with Crippen LogP contribution < -0.4 is 5.32 Å². The van der Waals surface area contributed by atoms with E-state index in [-0.39, 0.29) is 0 Å². The third-order valence-corrected chi connectivity index (χ3v) is 2.13. The number of amides is 1. The average Bonchev–Trinajstić information content (AvgIpc) is 2.13. The number of carbonyl (C=O) groups is 2. The number of nitrogens with one attached hydrogen (secondary N) is 1. The van der Waals surface area contributed by atoms with E-state index >= 15 is 0 Å².